The second kappa shape index (κ2) is 22.4. The highest BCUT2D eigenvalue weighted by Crippen LogP contribution is 2.43. The van der Waals surface area contributed by atoms with Crippen LogP contribution in [-0.2, 0) is 49.3 Å². The van der Waals surface area contributed by atoms with Crippen LogP contribution in [0.3, 0.4) is 0 Å². The van der Waals surface area contributed by atoms with Crippen molar-refractivity contribution in [2.75, 3.05) is 40.1 Å². The Labute approximate surface area is 345 Å². The minimum Gasteiger partial charge on any atom is -0.480 e. The number of esters is 3. The van der Waals surface area contributed by atoms with Gasteiger partial charge in [0.05, 0.1) is 62.3 Å². The van der Waals surface area contributed by atoms with E-state index in [0.717, 1.165) is 24.8 Å². The normalized spacial score (nSPS) is 20.9. The molecule has 3 aliphatic rings. The van der Waals surface area contributed by atoms with Crippen LogP contribution in [-0.4, -0.2) is 104 Å². The Morgan fingerprint density at radius 3 is 2.31 bits per heavy atom. The summed E-state index contributed by atoms with van der Waals surface area (Å²) in [5.74, 6) is -3.18. The molecule has 1 saturated heterocycles. The Balaban J connectivity index is 0.000000257. The number of rotatable bonds is 17. The van der Waals surface area contributed by atoms with Gasteiger partial charge in [0.2, 0.25) is 5.91 Å². The number of carbonyl (C=O) groups is 5. The molecule has 5 N–H and O–H groups in total. The maximum Gasteiger partial charge on any atom is 0.336 e. The molecule has 1 aliphatic carbocycles. The number of hydrogen-bond acceptors (Lipinski definition) is 12. The number of nitrogens with two attached hydrogens (primary N) is 1. The van der Waals surface area contributed by atoms with Crippen LogP contribution in [0.1, 0.15) is 76.8 Å². The molecule has 2 aromatic carbocycles. The highest BCUT2D eigenvalue weighted by atomic mass is 35.5. The van der Waals surface area contributed by atoms with Gasteiger partial charge in [-0.25, -0.2) is 14.4 Å². The van der Waals surface area contributed by atoms with Crippen molar-refractivity contribution >= 4 is 41.4 Å². The lowest BCUT2D eigenvalue weighted by Gasteiger charge is -2.31. The summed E-state index contributed by atoms with van der Waals surface area (Å²) in [5.41, 5.74) is 8.80. The third kappa shape index (κ3) is 11.5. The summed E-state index contributed by atoms with van der Waals surface area (Å²) >= 11 is 6.42. The number of fused-ring (bicyclic) bond motifs is 1. The number of dihydropyridines is 1. The molecule has 58 heavy (non-hydrogen) atoms. The number of nitrogens with zero attached hydrogens (tertiary/aromatic N) is 1. The molecule has 0 aromatic heterocycles. The Kier molecular flexibility index (Phi) is 17.7. The summed E-state index contributed by atoms with van der Waals surface area (Å²) in [6.07, 6.45) is 4.54. The number of allylic oxidation sites excluding steroid dienone is 1. The van der Waals surface area contributed by atoms with Crippen LogP contribution in [0.15, 0.2) is 77.1 Å². The minimum absolute atomic E-state index is 0.00629. The fraction of sp³-hybridized carbons (Fsp3) is 0.512. The number of halogens is 1. The predicted molar refractivity (Wildman–Crippen MR) is 217 cm³/mol. The first-order chi connectivity index (χ1) is 27.9. The summed E-state index contributed by atoms with van der Waals surface area (Å²) in [7, 11) is 1.29. The number of nitrogens with one attached hydrogen (secondary N) is 2. The number of methoxy groups -OCH3 is 1. The van der Waals surface area contributed by atoms with E-state index in [0.29, 0.717) is 60.0 Å². The van der Waals surface area contributed by atoms with E-state index in [1.165, 1.54) is 7.11 Å². The number of aliphatic carboxylic acids is 1. The molecule has 1 unspecified atom stereocenters. The third-order valence-electron chi connectivity index (χ3n) is 10.6. The standard InChI is InChI=1S/C23H32N2O5.C20H25ClN2O5/c1-3-30-23(29)18(13-12-16-8-5-4-6-9-16)24-15(2)21(26)25-19-11-7-10-17(19)14-20(25)22(27)28;1-4-28-20(25)18-15(11-27-10-9-22)23-12(2)16(19(24)26-3)17(18)13-7-5-6-8-14(13)21/h4-6,8-9,15,17-20,24H,3,7,10-14H2,1-2H3,(H,27,28);5-8,17,23H,4,9-11,22H2,1-3H3/t15-,17-,18-,19-,20-;/m0./s1. The van der Waals surface area contributed by atoms with Crippen LogP contribution in [0.5, 0.6) is 0 Å². The molecule has 2 aliphatic heterocycles. The predicted octanol–water partition coefficient (Wildman–Crippen LogP) is 4.65. The second-order valence-electron chi connectivity index (χ2n) is 14.4. The summed E-state index contributed by atoms with van der Waals surface area (Å²) in [6.45, 7) is 8.14. The largest absolute Gasteiger partial charge is 0.480 e. The number of carbonyl (C=O) groups excluding carboxylic acids is 4. The number of likely N-dealkylation sites (tertiary alicyclic amines) is 1. The van der Waals surface area contributed by atoms with Crippen molar-refractivity contribution in [3.8, 4) is 0 Å². The van der Waals surface area contributed by atoms with Crippen molar-refractivity contribution in [3.05, 3.63) is 93.3 Å². The minimum atomic E-state index is -0.948. The molecular weight excluding hydrogens is 768 g/mol. The molecule has 15 heteroatoms. The summed E-state index contributed by atoms with van der Waals surface area (Å²) in [6, 6.07) is 14.8. The van der Waals surface area contributed by atoms with E-state index in [1.807, 2.05) is 30.3 Å². The highest BCUT2D eigenvalue weighted by Gasteiger charge is 2.49. The highest BCUT2D eigenvalue weighted by molar-refractivity contribution is 6.31. The fourth-order valence-electron chi connectivity index (χ4n) is 8.01. The van der Waals surface area contributed by atoms with E-state index in [-0.39, 0.29) is 49.2 Å². The smallest absolute Gasteiger partial charge is 0.336 e. The van der Waals surface area contributed by atoms with Crippen LogP contribution in [0.4, 0.5) is 0 Å². The zero-order chi connectivity index (χ0) is 42.4. The molecule has 14 nitrogen and oxygen atoms in total. The first-order valence-corrected chi connectivity index (χ1v) is 20.3. The Morgan fingerprint density at radius 1 is 0.983 bits per heavy atom. The van der Waals surface area contributed by atoms with Crippen molar-refractivity contribution in [3.63, 3.8) is 0 Å². The van der Waals surface area contributed by atoms with Crippen LogP contribution in [0.2, 0.25) is 5.02 Å². The van der Waals surface area contributed by atoms with Gasteiger partial charge >= 0.3 is 23.9 Å². The lowest BCUT2D eigenvalue weighted by molar-refractivity contribution is -0.151. The van der Waals surface area contributed by atoms with Crippen LogP contribution in [0, 0.1) is 5.92 Å². The number of carboxylic acid groups (broad SMARTS) is 1. The van der Waals surface area contributed by atoms with Gasteiger partial charge in [-0.1, -0.05) is 66.6 Å². The van der Waals surface area contributed by atoms with Crippen molar-refractivity contribution in [1.82, 2.24) is 15.5 Å². The van der Waals surface area contributed by atoms with Crippen LogP contribution in [0.25, 0.3) is 0 Å². The summed E-state index contributed by atoms with van der Waals surface area (Å²) in [5, 5.41) is 16.3. The van der Waals surface area contributed by atoms with Crippen LogP contribution >= 0.6 is 11.6 Å². The molecular formula is C43H57ClN4O10. The van der Waals surface area contributed by atoms with E-state index in [2.05, 4.69) is 10.6 Å². The molecule has 316 valence electrons. The number of benzene rings is 2. The summed E-state index contributed by atoms with van der Waals surface area (Å²) < 4.78 is 21.0. The lowest BCUT2D eigenvalue weighted by Crippen LogP contribution is -2.55. The fourth-order valence-corrected chi connectivity index (χ4v) is 8.25. The maximum atomic E-state index is 13.2. The van der Waals surface area contributed by atoms with Gasteiger partial charge in [0, 0.05) is 23.3 Å². The second-order valence-corrected chi connectivity index (χ2v) is 14.8. The lowest BCUT2D eigenvalue weighted by atomic mass is 9.80. The van der Waals surface area contributed by atoms with Gasteiger partial charge in [-0.2, -0.15) is 0 Å². The average Bonchev–Trinajstić information content (AvgIpc) is 3.82. The zero-order valence-corrected chi connectivity index (χ0v) is 34.7. The van der Waals surface area contributed by atoms with E-state index in [1.54, 1.807) is 56.9 Å². The molecule has 5 rings (SSSR count). The molecule has 1 amide bonds. The molecule has 0 radical (unpaired) electrons. The van der Waals surface area contributed by atoms with Crippen molar-refractivity contribution in [2.24, 2.45) is 11.7 Å². The van der Waals surface area contributed by atoms with Crippen molar-refractivity contribution in [2.45, 2.75) is 96.3 Å². The van der Waals surface area contributed by atoms with Gasteiger partial charge in [-0.3, -0.25) is 14.9 Å². The Hall–Kier alpha value is -4.76. The number of carboxylic acids is 1. The Bertz CT molecular complexity index is 1820. The van der Waals surface area contributed by atoms with Gasteiger partial charge < -0.3 is 40.0 Å². The van der Waals surface area contributed by atoms with Gasteiger partial charge in [0.15, 0.2) is 0 Å². The number of amides is 1. The maximum absolute atomic E-state index is 13.2. The van der Waals surface area contributed by atoms with E-state index >= 15 is 0 Å². The molecule has 6 atom stereocenters. The van der Waals surface area contributed by atoms with Crippen LogP contribution < -0.4 is 16.4 Å². The average molecular weight is 825 g/mol. The molecule has 0 spiro atoms. The van der Waals surface area contributed by atoms with E-state index in [4.69, 9.17) is 36.3 Å². The molecule has 2 heterocycles. The van der Waals surface area contributed by atoms with Crippen molar-refractivity contribution < 1.29 is 48.0 Å². The zero-order valence-electron chi connectivity index (χ0n) is 34.0. The Morgan fingerprint density at radius 2 is 1.67 bits per heavy atom. The molecule has 2 aromatic rings. The number of ether oxygens (including phenoxy) is 4. The van der Waals surface area contributed by atoms with Gasteiger partial charge in [0.25, 0.3) is 0 Å². The SMILES string of the molecule is CCOC(=O)C1=C(COCCN)NC(C)=C(C(=O)OC)C1c1ccccc1Cl.CCOC(=O)[C@H](CCc1ccccc1)N[C@@H](C)C(=O)N1[C@H](C(=O)O)C[C@@H]2CCC[C@@H]21. The van der Waals surface area contributed by atoms with Gasteiger partial charge in [-0.05, 0) is 82.9 Å². The first kappa shape index (κ1) is 45.9. The number of hydrogen-bond donors (Lipinski definition) is 4. The van der Waals surface area contributed by atoms with E-state index in [9.17, 15) is 29.1 Å². The first-order valence-electron chi connectivity index (χ1n) is 19.9. The monoisotopic (exact) mass is 824 g/mol. The van der Waals surface area contributed by atoms with Gasteiger partial charge in [-0.15, -0.1) is 0 Å². The third-order valence-corrected chi connectivity index (χ3v) is 10.9. The number of aryl methyl sites for hydroxylation is 1. The van der Waals surface area contributed by atoms with Crippen molar-refractivity contribution in [1.29, 1.82) is 0 Å². The van der Waals surface area contributed by atoms with Gasteiger partial charge in [0.1, 0.15) is 12.1 Å². The quantitative estimate of drug-likeness (QED) is 0.0979. The summed E-state index contributed by atoms with van der Waals surface area (Å²) in [4.78, 5) is 64.5. The van der Waals surface area contributed by atoms with E-state index < -0.39 is 42.0 Å². The topological polar surface area (TPSA) is 196 Å². The molecule has 2 fully saturated rings. The molecule has 0 bridgehead atoms. The molecule has 1 saturated carbocycles.